The fraction of sp³-hybridized carbons (Fsp3) is 0.111. The highest BCUT2D eigenvalue weighted by molar-refractivity contribution is 5.84. The highest BCUT2D eigenvalue weighted by Crippen LogP contribution is 2.51. The van der Waals surface area contributed by atoms with Crippen LogP contribution >= 0.6 is 0 Å². The summed E-state index contributed by atoms with van der Waals surface area (Å²) in [7, 11) is 0. The lowest BCUT2D eigenvalue weighted by molar-refractivity contribution is -0.138. The van der Waals surface area contributed by atoms with Crippen LogP contribution in [0.15, 0.2) is 142 Å². The molecule has 2 aromatic carbocycles. The molecule has 0 amide bonds. The summed E-state index contributed by atoms with van der Waals surface area (Å²) in [5.74, 6) is -0.160. The molecule has 0 heterocycles. The van der Waals surface area contributed by atoms with Gasteiger partial charge in [-0.15, -0.1) is 0 Å². The summed E-state index contributed by atoms with van der Waals surface area (Å²) in [4.78, 5) is 0. The van der Waals surface area contributed by atoms with Crippen LogP contribution in [0.2, 0.25) is 0 Å². The highest BCUT2D eigenvalue weighted by atomic mass is 19.4. The van der Waals surface area contributed by atoms with Crippen molar-refractivity contribution in [3.8, 4) is 12.1 Å². The molecule has 0 fully saturated rings. The number of nitrogens with zero attached hydrogens (tertiary/aromatic N) is 2. The van der Waals surface area contributed by atoms with E-state index in [4.69, 9.17) is 0 Å². The largest absolute Gasteiger partial charge is 0.416 e. The van der Waals surface area contributed by atoms with E-state index in [2.05, 4.69) is 12.1 Å². The quantitative estimate of drug-likeness (QED) is 0.261. The van der Waals surface area contributed by atoms with E-state index >= 15 is 0 Å². The van der Waals surface area contributed by atoms with Gasteiger partial charge in [-0.3, -0.25) is 0 Å². The van der Waals surface area contributed by atoms with Crippen molar-refractivity contribution in [1.29, 1.82) is 10.5 Å². The van der Waals surface area contributed by atoms with Gasteiger partial charge in [-0.05, 0) is 93.0 Å². The summed E-state index contributed by atoms with van der Waals surface area (Å²) in [6.07, 6.45) is 8.72. The second-order valence-corrected chi connectivity index (χ2v) is 10.6. The lowest BCUT2D eigenvalue weighted by Gasteiger charge is -2.38. The van der Waals surface area contributed by atoms with Gasteiger partial charge < -0.3 is 0 Å². The first-order chi connectivity index (χ1) is 21.0. The Morgan fingerprint density at radius 1 is 0.750 bits per heavy atom. The molecule has 8 heteroatoms. The number of alkyl halides is 6. The van der Waals surface area contributed by atoms with Crippen LogP contribution < -0.4 is 0 Å². The molecule has 4 aliphatic rings. The van der Waals surface area contributed by atoms with Crippen molar-refractivity contribution in [2.45, 2.75) is 18.8 Å². The van der Waals surface area contributed by atoms with Crippen LogP contribution in [0.1, 0.15) is 28.7 Å². The molecule has 6 rings (SSSR count). The van der Waals surface area contributed by atoms with Crippen molar-refractivity contribution >= 4 is 11.1 Å². The van der Waals surface area contributed by atoms with Crippen LogP contribution in [-0.2, 0) is 12.4 Å². The molecule has 0 aromatic heterocycles. The second-order valence-electron chi connectivity index (χ2n) is 10.6. The first kappa shape index (κ1) is 28.8. The third kappa shape index (κ3) is 5.20. The molecule has 0 saturated heterocycles. The predicted octanol–water partition coefficient (Wildman–Crippen LogP) is 9.78. The highest BCUT2D eigenvalue weighted by Gasteiger charge is 2.36. The Bertz CT molecular complexity index is 1930. The summed E-state index contributed by atoms with van der Waals surface area (Å²) in [6, 6.07) is 13.2. The molecule has 2 nitrogen and oxygen atoms in total. The van der Waals surface area contributed by atoms with Crippen LogP contribution in [0.5, 0.6) is 0 Å². The van der Waals surface area contributed by atoms with Crippen molar-refractivity contribution in [1.82, 2.24) is 0 Å². The summed E-state index contributed by atoms with van der Waals surface area (Å²) >= 11 is 0. The van der Waals surface area contributed by atoms with E-state index in [1.165, 1.54) is 24.3 Å². The molecule has 0 radical (unpaired) electrons. The molecular formula is C36H20F6N2. The average Bonchev–Trinajstić information content (AvgIpc) is 3.01. The van der Waals surface area contributed by atoms with Crippen molar-refractivity contribution < 1.29 is 26.3 Å². The van der Waals surface area contributed by atoms with E-state index in [1.807, 2.05) is 42.5 Å². The molecule has 1 unspecified atom stereocenters. The zero-order valence-electron chi connectivity index (χ0n) is 22.8. The third-order valence-electron chi connectivity index (χ3n) is 7.94. The second kappa shape index (κ2) is 10.7. The standard InChI is InChI=1S/C36H20F6N2/c37-35(38,39)29-11-7-21(8-12-29)27(19-43)17-25-16-24-4-2-6-32-26(15-23-3-1-5-31(25)33(23)34(24)32)18-28(20-44)22-9-13-30(14-10-22)36(40,41)42/h1-3,5-18,33H,4H2/b27-17+,28-18+. The number of nitriles is 2. The zero-order chi connectivity index (χ0) is 31.2. The van der Waals surface area contributed by atoms with Crippen LogP contribution in [0.3, 0.4) is 0 Å². The predicted molar refractivity (Wildman–Crippen MR) is 155 cm³/mol. The lowest BCUT2D eigenvalue weighted by atomic mass is 9.65. The fourth-order valence-corrected chi connectivity index (χ4v) is 5.88. The van der Waals surface area contributed by atoms with Crippen LogP contribution in [0.25, 0.3) is 11.1 Å². The monoisotopic (exact) mass is 594 g/mol. The van der Waals surface area contributed by atoms with Crippen molar-refractivity contribution in [2.24, 2.45) is 5.92 Å². The molecule has 0 aliphatic heterocycles. The minimum Gasteiger partial charge on any atom is -0.192 e. The SMILES string of the molecule is N#C/C(=C\C1=CC2=CC=CC3=C(/C=C(\C#N)c4ccc(C(F)(F)F)cc4)C=C4CC=CC1=C4C23)c1ccc(C(F)(F)F)cc1. The lowest BCUT2D eigenvalue weighted by Crippen LogP contribution is -2.23. The molecular weight excluding hydrogens is 574 g/mol. The number of halogens is 6. The fourth-order valence-electron chi connectivity index (χ4n) is 5.88. The molecule has 2 aromatic rings. The molecule has 216 valence electrons. The maximum absolute atomic E-state index is 13.1. The summed E-state index contributed by atoms with van der Waals surface area (Å²) in [5, 5.41) is 19.9. The van der Waals surface area contributed by atoms with Gasteiger partial charge in [0.25, 0.3) is 0 Å². The number of rotatable bonds is 4. The van der Waals surface area contributed by atoms with Gasteiger partial charge in [-0.1, -0.05) is 66.8 Å². The average molecular weight is 595 g/mol. The van der Waals surface area contributed by atoms with E-state index in [9.17, 15) is 36.9 Å². The van der Waals surface area contributed by atoms with Gasteiger partial charge in [-0.25, -0.2) is 0 Å². The van der Waals surface area contributed by atoms with Crippen LogP contribution in [-0.4, -0.2) is 0 Å². The normalized spacial score (nSPS) is 19.5. The van der Waals surface area contributed by atoms with Crippen LogP contribution in [0, 0.1) is 28.6 Å². The smallest absolute Gasteiger partial charge is 0.192 e. The Hall–Kier alpha value is -5.34. The Morgan fingerprint density at radius 3 is 1.86 bits per heavy atom. The molecule has 4 aliphatic carbocycles. The van der Waals surface area contributed by atoms with Crippen molar-refractivity contribution in [3.63, 3.8) is 0 Å². The molecule has 0 N–H and O–H groups in total. The van der Waals surface area contributed by atoms with Gasteiger partial charge in [-0.2, -0.15) is 36.9 Å². The summed E-state index contributed by atoms with van der Waals surface area (Å²) < 4.78 is 78.4. The topological polar surface area (TPSA) is 47.6 Å². The van der Waals surface area contributed by atoms with Crippen molar-refractivity contribution in [3.05, 3.63) is 164 Å². The molecule has 0 spiro atoms. The van der Waals surface area contributed by atoms with Gasteiger partial charge in [0, 0.05) is 5.92 Å². The van der Waals surface area contributed by atoms with E-state index in [1.54, 1.807) is 12.2 Å². The Balaban J connectivity index is 1.41. The molecule has 1 atom stereocenters. The van der Waals surface area contributed by atoms with E-state index in [-0.39, 0.29) is 17.1 Å². The van der Waals surface area contributed by atoms with E-state index in [0.717, 1.165) is 63.3 Å². The number of hydrogen-bond donors (Lipinski definition) is 0. The molecule has 0 bridgehead atoms. The summed E-state index contributed by atoms with van der Waals surface area (Å²) in [5.41, 5.74) is 5.93. The van der Waals surface area contributed by atoms with Gasteiger partial charge in [0.2, 0.25) is 0 Å². The Morgan fingerprint density at radius 2 is 1.32 bits per heavy atom. The number of benzene rings is 2. The maximum Gasteiger partial charge on any atom is 0.416 e. The summed E-state index contributed by atoms with van der Waals surface area (Å²) in [6.45, 7) is 0. The van der Waals surface area contributed by atoms with Crippen molar-refractivity contribution in [2.75, 3.05) is 0 Å². The first-order valence-electron chi connectivity index (χ1n) is 13.5. The number of allylic oxidation sites excluding steroid dienone is 18. The van der Waals surface area contributed by atoms with Gasteiger partial charge in [0.05, 0.1) is 34.4 Å². The van der Waals surface area contributed by atoms with Crippen LogP contribution in [0.4, 0.5) is 26.3 Å². The van der Waals surface area contributed by atoms with E-state index in [0.29, 0.717) is 17.5 Å². The zero-order valence-corrected chi connectivity index (χ0v) is 22.8. The minimum atomic E-state index is -4.48. The van der Waals surface area contributed by atoms with Gasteiger partial charge in [0.1, 0.15) is 0 Å². The molecule has 44 heavy (non-hydrogen) atoms. The minimum absolute atomic E-state index is 0.160. The van der Waals surface area contributed by atoms with Gasteiger partial charge >= 0.3 is 12.4 Å². The molecule has 0 saturated carbocycles. The Labute approximate surface area is 249 Å². The third-order valence-corrected chi connectivity index (χ3v) is 7.94. The Kier molecular flexibility index (Phi) is 7.02. The van der Waals surface area contributed by atoms with Gasteiger partial charge in [0.15, 0.2) is 0 Å². The van der Waals surface area contributed by atoms with E-state index < -0.39 is 23.5 Å². The number of hydrogen-bond acceptors (Lipinski definition) is 2. The first-order valence-corrected chi connectivity index (χ1v) is 13.5. The maximum atomic E-state index is 13.1.